The van der Waals surface area contributed by atoms with Gasteiger partial charge in [-0.25, -0.2) is 0 Å². The molecule has 0 spiro atoms. The van der Waals surface area contributed by atoms with Crippen molar-refractivity contribution < 1.29 is 5.11 Å². The van der Waals surface area contributed by atoms with Crippen LogP contribution in [0.3, 0.4) is 0 Å². The van der Waals surface area contributed by atoms with E-state index in [9.17, 15) is 5.11 Å². The smallest absolute Gasteiger partial charge is 0.0833 e. The van der Waals surface area contributed by atoms with E-state index >= 15 is 0 Å². The number of aryl methyl sites for hydroxylation is 1. The van der Waals surface area contributed by atoms with Crippen molar-refractivity contribution in [2.24, 2.45) is 0 Å². The predicted molar refractivity (Wildman–Crippen MR) is 72.2 cm³/mol. The molecule has 0 aliphatic rings. The molecular weight excluding hydrogens is 234 g/mol. The zero-order chi connectivity index (χ0) is 12.9. The topological polar surface area (TPSA) is 58.0 Å². The summed E-state index contributed by atoms with van der Waals surface area (Å²) in [5, 5.41) is 13.4. The van der Waals surface area contributed by atoms with Gasteiger partial charge in [-0.05, 0) is 27.0 Å². The maximum atomic E-state index is 10.1. The number of aromatic nitrogens is 2. The van der Waals surface area contributed by atoms with E-state index in [0.29, 0.717) is 12.3 Å². The average molecular weight is 255 g/mol. The van der Waals surface area contributed by atoms with Crippen LogP contribution >= 0.6 is 11.8 Å². The first-order valence-electron chi connectivity index (χ1n) is 5.68. The Hall–Kier alpha value is -0.650. The summed E-state index contributed by atoms with van der Waals surface area (Å²) in [7, 11) is 0. The lowest BCUT2D eigenvalue weighted by Crippen LogP contribution is -2.41. The van der Waals surface area contributed by atoms with Gasteiger partial charge in [-0.15, -0.1) is 0 Å². The van der Waals surface area contributed by atoms with Gasteiger partial charge in [0, 0.05) is 30.7 Å². The summed E-state index contributed by atoms with van der Waals surface area (Å²) in [6, 6.07) is 0.0945. The fourth-order valence-corrected chi connectivity index (χ4v) is 2.40. The molecule has 4 nitrogen and oxygen atoms in total. The molecule has 0 radical (unpaired) electrons. The molecule has 1 aromatic rings. The molecule has 1 aromatic heterocycles. The van der Waals surface area contributed by atoms with Crippen molar-refractivity contribution in [3.8, 4) is 0 Å². The van der Waals surface area contributed by atoms with Crippen LogP contribution in [0, 0.1) is 6.92 Å². The number of aliphatic hydroxyl groups is 1. The van der Waals surface area contributed by atoms with Crippen molar-refractivity contribution in [2.75, 3.05) is 18.6 Å². The molecule has 1 rings (SSSR count). The molecule has 0 amide bonds. The molecule has 2 unspecified atom stereocenters. The standard InChI is InChI=1S/C12H21N3OS/c1-9-11(14-6-5-13-9)10(2)15-7-12(3,16)8-17-4/h5-6,10,15-16H,7-8H2,1-4H3. The van der Waals surface area contributed by atoms with Crippen LogP contribution in [0.25, 0.3) is 0 Å². The van der Waals surface area contributed by atoms with Gasteiger partial charge in [0.25, 0.3) is 0 Å². The Bertz CT molecular complexity index is 357. The predicted octanol–water partition coefficient (Wildman–Crippen LogP) is 1.55. The van der Waals surface area contributed by atoms with Crippen LogP contribution in [0.4, 0.5) is 0 Å². The highest BCUT2D eigenvalue weighted by atomic mass is 32.2. The maximum absolute atomic E-state index is 10.1. The van der Waals surface area contributed by atoms with Crippen LogP contribution in [-0.2, 0) is 0 Å². The number of nitrogens with one attached hydrogen (secondary N) is 1. The monoisotopic (exact) mass is 255 g/mol. The van der Waals surface area contributed by atoms with Crippen LogP contribution < -0.4 is 5.32 Å². The fraction of sp³-hybridized carbons (Fsp3) is 0.667. The minimum Gasteiger partial charge on any atom is -0.388 e. The number of hydrogen-bond donors (Lipinski definition) is 2. The normalized spacial score (nSPS) is 16.5. The van der Waals surface area contributed by atoms with Gasteiger partial charge in [-0.1, -0.05) is 0 Å². The van der Waals surface area contributed by atoms with Gasteiger partial charge in [-0.2, -0.15) is 11.8 Å². The second-order valence-electron chi connectivity index (χ2n) is 4.56. The van der Waals surface area contributed by atoms with Crippen molar-refractivity contribution >= 4 is 11.8 Å². The zero-order valence-electron chi connectivity index (χ0n) is 10.9. The lowest BCUT2D eigenvalue weighted by Gasteiger charge is -2.25. The third kappa shape index (κ3) is 4.61. The van der Waals surface area contributed by atoms with Crippen molar-refractivity contribution in [3.05, 3.63) is 23.8 Å². The lowest BCUT2D eigenvalue weighted by molar-refractivity contribution is 0.0819. The highest BCUT2D eigenvalue weighted by molar-refractivity contribution is 7.98. The average Bonchev–Trinajstić information content (AvgIpc) is 2.27. The third-order valence-electron chi connectivity index (χ3n) is 2.57. The van der Waals surface area contributed by atoms with Crippen LogP contribution in [0.15, 0.2) is 12.4 Å². The van der Waals surface area contributed by atoms with Crippen molar-refractivity contribution in [2.45, 2.75) is 32.4 Å². The number of thioether (sulfide) groups is 1. The van der Waals surface area contributed by atoms with Crippen molar-refractivity contribution in [3.63, 3.8) is 0 Å². The van der Waals surface area contributed by atoms with Gasteiger partial charge < -0.3 is 10.4 Å². The quantitative estimate of drug-likeness (QED) is 0.807. The highest BCUT2D eigenvalue weighted by Gasteiger charge is 2.21. The lowest BCUT2D eigenvalue weighted by atomic mass is 10.1. The van der Waals surface area contributed by atoms with E-state index in [0.717, 1.165) is 11.4 Å². The molecule has 2 atom stereocenters. The molecule has 17 heavy (non-hydrogen) atoms. The van der Waals surface area contributed by atoms with Gasteiger partial charge in [-0.3, -0.25) is 9.97 Å². The van der Waals surface area contributed by atoms with Gasteiger partial charge in [0.05, 0.1) is 17.0 Å². The van der Waals surface area contributed by atoms with E-state index in [-0.39, 0.29) is 6.04 Å². The molecule has 0 fully saturated rings. The van der Waals surface area contributed by atoms with Gasteiger partial charge in [0.2, 0.25) is 0 Å². The molecule has 96 valence electrons. The first-order chi connectivity index (χ1) is 7.96. The Kier molecular flexibility index (Phi) is 5.36. The van der Waals surface area contributed by atoms with Crippen molar-refractivity contribution in [1.29, 1.82) is 0 Å². The van der Waals surface area contributed by atoms with Crippen LogP contribution in [0.5, 0.6) is 0 Å². The Morgan fingerprint density at radius 3 is 2.71 bits per heavy atom. The second kappa shape index (κ2) is 6.33. The van der Waals surface area contributed by atoms with E-state index in [4.69, 9.17) is 0 Å². The largest absolute Gasteiger partial charge is 0.388 e. The molecule has 0 aromatic carbocycles. The summed E-state index contributed by atoms with van der Waals surface area (Å²) in [6.07, 6.45) is 5.38. The summed E-state index contributed by atoms with van der Waals surface area (Å²) in [5.74, 6) is 0.714. The molecule has 0 aliphatic heterocycles. The van der Waals surface area contributed by atoms with Crippen LogP contribution in [-0.4, -0.2) is 39.2 Å². The first kappa shape index (κ1) is 14.4. The highest BCUT2D eigenvalue weighted by Crippen LogP contribution is 2.14. The van der Waals surface area contributed by atoms with Gasteiger partial charge in [0.1, 0.15) is 0 Å². The molecule has 2 N–H and O–H groups in total. The summed E-state index contributed by atoms with van der Waals surface area (Å²) in [5.41, 5.74) is 1.17. The molecule has 5 heteroatoms. The molecule has 1 heterocycles. The number of rotatable bonds is 6. The van der Waals surface area contributed by atoms with E-state index in [1.807, 2.05) is 27.0 Å². The Labute approximate surface area is 107 Å². The maximum Gasteiger partial charge on any atom is 0.0833 e. The van der Waals surface area contributed by atoms with Gasteiger partial charge >= 0.3 is 0 Å². The SMILES string of the molecule is CSCC(C)(O)CNC(C)c1nccnc1C. The van der Waals surface area contributed by atoms with E-state index in [1.165, 1.54) is 0 Å². The molecule has 0 saturated heterocycles. The van der Waals surface area contributed by atoms with E-state index < -0.39 is 5.60 Å². The van der Waals surface area contributed by atoms with Crippen LogP contribution in [0.2, 0.25) is 0 Å². The minimum absolute atomic E-state index is 0.0945. The minimum atomic E-state index is -0.691. The number of hydrogen-bond acceptors (Lipinski definition) is 5. The third-order valence-corrected chi connectivity index (χ3v) is 3.48. The zero-order valence-corrected chi connectivity index (χ0v) is 11.7. The fourth-order valence-electron chi connectivity index (χ4n) is 1.68. The summed E-state index contributed by atoms with van der Waals surface area (Å²) < 4.78 is 0. The second-order valence-corrected chi connectivity index (χ2v) is 5.43. The number of nitrogens with zero attached hydrogens (tertiary/aromatic N) is 2. The summed E-state index contributed by atoms with van der Waals surface area (Å²) in [4.78, 5) is 8.52. The Morgan fingerprint density at radius 1 is 1.47 bits per heavy atom. The van der Waals surface area contributed by atoms with Crippen LogP contribution in [0.1, 0.15) is 31.3 Å². The Morgan fingerprint density at radius 2 is 2.12 bits per heavy atom. The summed E-state index contributed by atoms with van der Waals surface area (Å²) in [6.45, 7) is 6.37. The van der Waals surface area contributed by atoms with E-state index in [2.05, 4.69) is 15.3 Å². The first-order valence-corrected chi connectivity index (χ1v) is 7.08. The Balaban J connectivity index is 2.56. The molecule has 0 bridgehead atoms. The van der Waals surface area contributed by atoms with Crippen molar-refractivity contribution in [1.82, 2.24) is 15.3 Å². The summed E-state index contributed by atoms with van der Waals surface area (Å²) >= 11 is 1.64. The molecule has 0 aliphatic carbocycles. The van der Waals surface area contributed by atoms with Gasteiger partial charge in [0.15, 0.2) is 0 Å². The van der Waals surface area contributed by atoms with E-state index in [1.54, 1.807) is 24.2 Å². The molecular formula is C12H21N3OS. The molecule has 0 saturated carbocycles.